The largest absolute Gasteiger partial charge is 0.390 e. The van der Waals surface area contributed by atoms with Crippen molar-refractivity contribution >= 4 is 0 Å². The monoisotopic (exact) mass is 171 g/mol. The molecule has 12 heavy (non-hydrogen) atoms. The highest BCUT2D eigenvalue weighted by molar-refractivity contribution is 4.93. The summed E-state index contributed by atoms with van der Waals surface area (Å²) in [6.45, 7) is 3.96. The van der Waals surface area contributed by atoms with Crippen molar-refractivity contribution < 1.29 is 9.84 Å². The van der Waals surface area contributed by atoms with E-state index in [1.807, 2.05) is 0 Å². The highest BCUT2D eigenvalue weighted by Gasteiger charge is 2.38. The van der Waals surface area contributed by atoms with E-state index < -0.39 is 0 Å². The molecule has 70 valence electrons. The maximum Gasteiger partial charge on any atom is 0.0906 e. The summed E-state index contributed by atoms with van der Waals surface area (Å²) in [6, 6.07) is 0. The summed E-state index contributed by atoms with van der Waals surface area (Å²) in [5, 5.41) is 12.7. The first-order chi connectivity index (χ1) is 5.70. The molecule has 1 aliphatic carbocycles. The number of hydrogen-bond acceptors (Lipinski definition) is 3. The molecule has 2 unspecified atom stereocenters. The minimum atomic E-state index is -0.220. The topological polar surface area (TPSA) is 41.5 Å². The predicted octanol–water partition coefficient (Wildman–Crippen LogP) is 0.278. The third-order valence-corrected chi connectivity index (χ3v) is 2.85. The first kappa shape index (κ1) is 8.48. The zero-order chi connectivity index (χ0) is 8.60. The molecule has 0 spiro atoms. The SMILES string of the molecule is CC1(OC2CCCC2O)CNC1. The lowest BCUT2D eigenvalue weighted by Gasteiger charge is -2.41. The molecule has 1 saturated heterocycles. The van der Waals surface area contributed by atoms with Crippen molar-refractivity contribution in [3.63, 3.8) is 0 Å². The lowest BCUT2D eigenvalue weighted by atomic mass is 9.99. The van der Waals surface area contributed by atoms with E-state index in [4.69, 9.17) is 4.74 Å². The number of aliphatic hydroxyl groups excluding tert-OH is 1. The molecule has 2 fully saturated rings. The quantitative estimate of drug-likeness (QED) is 0.627. The van der Waals surface area contributed by atoms with Gasteiger partial charge in [-0.1, -0.05) is 0 Å². The minimum Gasteiger partial charge on any atom is -0.390 e. The van der Waals surface area contributed by atoms with Gasteiger partial charge in [-0.05, 0) is 26.2 Å². The molecule has 2 rings (SSSR count). The van der Waals surface area contributed by atoms with Crippen molar-refractivity contribution in [3.05, 3.63) is 0 Å². The van der Waals surface area contributed by atoms with E-state index in [1.165, 1.54) is 0 Å². The molecular weight excluding hydrogens is 154 g/mol. The highest BCUT2D eigenvalue weighted by Crippen LogP contribution is 2.28. The lowest BCUT2D eigenvalue weighted by Crippen LogP contribution is -2.60. The van der Waals surface area contributed by atoms with Gasteiger partial charge in [-0.15, -0.1) is 0 Å². The maximum atomic E-state index is 9.53. The van der Waals surface area contributed by atoms with E-state index in [1.54, 1.807) is 0 Å². The normalized spacial score (nSPS) is 39.5. The Bertz CT molecular complexity index is 168. The van der Waals surface area contributed by atoms with Crippen molar-refractivity contribution in [2.75, 3.05) is 13.1 Å². The lowest BCUT2D eigenvalue weighted by molar-refractivity contribution is -0.137. The van der Waals surface area contributed by atoms with Gasteiger partial charge in [0.1, 0.15) is 0 Å². The predicted molar refractivity (Wildman–Crippen MR) is 46.0 cm³/mol. The molecule has 2 atom stereocenters. The molecule has 1 heterocycles. The Hall–Kier alpha value is -0.120. The number of nitrogens with one attached hydrogen (secondary N) is 1. The van der Waals surface area contributed by atoms with Crippen LogP contribution in [0.1, 0.15) is 26.2 Å². The second-order valence-electron chi connectivity index (χ2n) is 4.21. The second kappa shape index (κ2) is 2.98. The van der Waals surface area contributed by atoms with Crippen LogP contribution >= 0.6 is 0 Å². The molecular formula is C9H17NO2. The number of aliphatic hydroxyl groups is 1. The number of ether oxygens (including phenoxy) is 1. The van der Waals surface area contributed by atoms with Crippen LogP contribution in [0.15, 0.2) is 0 Å². The van der Waals surface area contributed by atoms with Gasteiger partial charge in [0.15, 0.2) is 0 Å². The fourth-order valence-corrected chi connectivity index (χ4v) is 1.97. The van der Waals surface area contributed by atoms with Crippen LogP contribution in [0.2, 0.25) is 0 Å². The molecule has 3 nitrogen and oxygen atoms in total. The minimum absolute atomic E-state index is 0.00398. The van der Waals surface area contributed by atoms with Gasteiger partial charge in [0.2, 0.25) is 0 Å². The maximum absolute atomic E-state index is 9.53. The van der Waals surface area contributed by atoms with E-state index in [0.717, 1.165) is 32.4 Å². The molecule has 1 aliphatic heterocycles. The van der Waals surface area contributed by atoms with Gasteiger partial charge >= 0.3 is 0 Å². The number of hydrogen-bond donors (Lipinski definition) is 2. The second-order valence-corrected chi connectivity index (χ2v) is 4.21. The molecule has 0 radical (unpaired) electrons. The van der Waals surface area contributed by atoms with E-state index in [9.17, 15) is 5.11 Å². The third-order valence-electron chi connectivity index (χ3n) is 2.85. The van der Waals surface area contributed by atoms with E-state index >= 15 is 0 Å². The molecule has 0 amide bonds. The molecule has 2 N–H and O–H groups in total. The van der Waals surface area contributed by atoms with Crippen molar-refractivity contribution in [3.8, 4) is 0 Å². The van der Waals surface area contributed by atoms with Crippen LogP contribution < -0.4 is 5.32 Å². The summed E-state index contributed by atoms with van der Waals surface area (Å²) in [4.78, 5) is 0. The average Bonchev–Trinajstić information content (AvgIpc) is 2.34. The summed E-state index contributed by atoms with van der Waals surface area (Å²) in [7, 11) is 0. The van der Waals surface area contributed by atoms with Crippen molar-refractivity contribution in [2.24, 2.45) is 0 Å². The molecule has 0 aromatic heterocycles. The summed E-state index contributed by atoms with van der Waals surface area (Å²) >= 11 is 0. The molecule has 0 bridgehead atoms. The zero-order valence-corrected chi connectivity index (χ0v) is 7.55. The Morgan fingerprint density at radius 2 is 2.17 bits per heavy atom. The Kier molecular flexibility index (Phi) is 2.10. The Balaban J connectivity index is 1.85. The van der Waals surface area contributed by atoms with Gasteiger partial charge in [-0.2, -0.15) is 0 Å². The molecule has 2 aliphatic rings. The first-order valence-electron chi connectivity index (χ1n) is 4.76. The summed E-state index contributed by atoms with van der Waals surface area (Å²) in [5.41, 5.74) is -0.00398. The van der Waals surface area contributed by atoms with E-state index in [2.05, 4.69) is 12.2 Å². The Morgan fingerprint density at radius 3 is 2.58 bits per heavy atom. The third kappa shape index (κ3) is 1.49. The van der Waals surface area contributed by atoms with Crippen molar-refractivity contribution in [2.45, 2.75) is 44.0 Å². The van der Waals surface area contributed by atoms with Crippen molar-refractivity contribution in [1.29, 1.82) is 0 Å². The van der Waals surface area contributed by atoms with Gasteiger partial charge < -0.3 is 15.2 Å². The van der Waals surface area contributed by atoms with Gasteiger partial charge in [0.25, 0.3) is 0 Å². The van der Waals surface area contributed by atoms with Crippen LogP contribution in [0.4, 0.5) is 0 Å². The standard InChI is InChI=1S/C9H17NO2/c1-9(5-10-6-9)12-8-4-2-3-7(8)11/h7-8,10-11H,2-6H2,1H3. The van der Waals surface area contributed by atoms with Crippen LogP contribution in [0, 0.1) is 0 Å². The smallest absolute Gasteiger partial charge is 0.0906 e. The number of rotatable bonds is 2. The van der Waals surface area contributed by atoms with Gasteiger partial charge in [0, 0.05) is 13.1 Å². The summed E-state index contributed by atoms with van der Waals surface area (Å²) in [5.74, 6) is 0. The first-order valence-corrected chi connectivity index (χ1v) is 4.76. The summed E-state index contributed by atoms with van der Waals surface area (Å²) in [6.07, 6.45) is 2.92. The molecule has 0 aromatic carbocycles. The Morgan fingerprint density at radius 1 is 1.42 bits per heavy atom. The van der Waals surface area contributed by atoms with Crippen molar-refractivity contribution in [1.82, 2.24) is 5.32 Å². The van der Waals surface area contributed by atoms with E-state index in [0.29, 0.717) is 0 Å². The fourth-order valence-electron chi connectivity index (χ4n) is 1.97. The zero-order valence-electron chi connectivity index (χ0n) is 7.55. The van der Waals surface area contributed by atoms with Crippen LogP contribution in [0.25, 0.3) is 0 Å². The molecule has 0 aromatic rings. The van der Waals surface area contributed by atoms with Crippen LogP contribution in [0.5, 0.6) is 0 Å². The van der Waals surface area contributed by atoms with E-state index in [-0.39, 0.29) is 17.8 Å². The molecule has 3 heteroatoms. The summed E-state index contributed by atoms with van der Waals surface area (Å²) < 4.78 is 5.83. The fraction of sp³-hybridized carbons (Fsp3) is 1.00. The van der Waals surface area contributed by atoms with Crippen LogP contribution in [0.3, 0.4) is 0 Å². The average molecular weight is 171 g/mol. The highest BCUT2D eigenvalue weighted by atomic mass is 16.5. The van der Waals surface area contributed by atoms with Gasteiger partial charge in [-0.3, -0.25) is 0 Å². The molecule has 1 saturated carbocycles. The van der Waals surface area contributed by atoms with Crippen LogP contribution in [-0.2, 0) is 4.74 Å². The van der Waals surface area contributed by atoms with Gasteiger partial charge in [-0.25, -0.2) is 0 Å². The Labute approximate surface area is 73.1 Å². The van der Waals surface area contributed by atoms with Crippen LogP contribution in [-0.4, -0.2) is 36.0 Å². The van der Waals surface area contributed by atoms with Gasteiger partial charge in [0.05, 0.1) is 17.8 Å².